The lowest BCUT2D eigenvalue weighted by Crippen LogP contribution is -2.38. The Morgan fingerprint density at radius 3 is 2.05 bits per heavy atom. The van der Waals surface area contributed by atoms with Crippen LogP contribution in [0.4, 0.5) is 11.4 Å². The van der Waals surface area contributed by atoms with Crippen molar-refractivity contribution in [1.29, 1.82) is 0 Å². The van der Waals surface area contributed by atoms with Gasteiger partial charge in [0.15, 0.2) is 7.28 Å². The van der Waals surface area contributed by atoms with Crippen molar-refractivity contribution < 1.29 is 0 Å². The molecular formula is C58H53BN2. The minimum Gasteiger partial charge on any atom is -0.355 e. The number of aryl methyl sites for hydroxylation is 1. The molecule has 2 nitrogen and oxygen atoms in total. The normalized spacial score (nSPS) is 13.9. The smallest absolute Gasteiger partial charge is 0.198 e. The molecule has 0 saturated heterocycles. The standard InChI is InChI=1S/C58H53BN2/c1-34-16-10-12-18-40(34)36-28-46(54-52(29-36)61-51-27-23-37(56(2,3)4)30-44(51)45-31-38(57(5,6)7)32-49(59-54)55(45)61)53-41-19-13-11-17-35(41)22-26-50(53)60-39-24-25-48-43(33-39)42-20-14-15-21-47(42)58(48,8)9/h10-33,59-60H,1-9H3. The van der Waals surface area contributed by atoms with Gasteiger partial charge in [0.25, 0.3) is 0 Å². The second kappa shape index (κ2) is 13.1. The Hall–Kier alpha value is -6.32. The fourth-order valence-electron chi connectivity index (χ4n) is 10.6. The number of hydrogen-bond donors (Lipinski definition) is 1. The molecular weight excluding hydrogens is 735 g/mol. The Labute approximate surface area is 361 Å². The minimum absolute atomic E-state index is 0.00311. The molecule has 298 valence electrons. The quantitative estimate of drug-likeness (QED) is 0.176. The van der Waals surface area contributed by atoms with E-state index in [1.165, 1.54) is 110 Å². The van der Waals surface area contributed by atoms with Crippen molar-refractivity contribution in [3.63, 3.8) is 0 Å². The van der Waals surface area contributed by atoms with Crippen LogP contribution in [-0.2, 0) is 16.2 Å². The molecule has 1 aliphatic carbocycles. The van der Waals surface area contributed by atoms with Crippen LogP contribution in [0, 0.1) is 6.92 Å². The highest BCUT2D eigenvalue weighted by Gasteiger charge is 2.35. The first kappa shape index (κ1) is 37.7. The van der Waals surface area contributed by atoms with Gasteiger partial charge in [-0.1, -0.05) is 158 Å². The van der Waals surface area contributed by atoms with Gasteiger partial charge in [0.2, 0.25) is 0 Å². The van der Waals surface area contributed by atoms with Gasteiger partial charge >= 0.3 is 0 Å². The van der Waals surface area contributed by atoms with Gasteiger partial charge in [0.05, 0.1) is 5.52 Å². The largest absolute Gasteiger partial charge is 0.355 e. The summed E-state index contributed by atoms with van der Waals surface area (Å²) in [5.41, 5.74) is 23.3. The third-order valence-electron chi connectivity index (χ3n) is 14.0. The summed E-state index contributed by atoms with van der Waals surface area (Å²) in [5, 5.41) is 9.20. The molecule has 0 saturated carbocycles. The molecule has 2 aliphatic rings. The second-order valence-electron chi connectivity index (χ2n) is 20.4. The van der Waals surface area contributed by atoms with Crippen molar-refractivity contribution in [1.82, 2.24) is 4.57 Å². The third-order valence-corrected chi connectivity index (χ3v) is 14.0. The van der Waals surface area contributed by atoms with Gasteiger partial charge in [0, 0.05) is 44.3 Å². The van der Waals surface area contributed by atoms with Gasteiger partial charge in [0.1, 0.15) is 0 Å². The zero-order valence-corrected chi connectivity index (χ0v) is 37.0. The zero-order valence-electron chi connectivity index (χ0n) is 37.0. The summed E-state index contributed by atoms with van der Waals surface area (Å²) in [5.74, 6) is 0. The van der Waals surface area contributed by atoms with E-state index in [4.69, 9.17) is 0 Å². The summed E-state index contributed by atoms with van der Waals surface area (Å²) in [6.45, 7) is 21.0. The predicted molar refractivity (Wildman–Crippen MR) is 265 cm³/mol. The van der Waals surface area contributed by atoms with E-state index < -0.39 is 0 Å². The molecule has 0 fully saturated rings. The fourth-order valence-corrected chi connectivity index (χ4v) is 10.6. The molecule has 0 atom stereocenters. The number of fused-ring (bicyclic) bond motifs is 9. The molecule has 11 rings (SSSR count). The number of anilines is 2. The number of nitrogens with zero attached hydrogens (tertiary/aromatic N) is 1. The number of benzene rings is 8. The molecule has 1 N–H and O–H groups in total. The fraction of sp³-hybridized carbons (Fsp3) is 0.207. The van der Waals surface area contributed by atoms with Crippen molar-refractivity contribution in [3.8, 4) is 39.1 Å². The van der Waals surface area contributed by atoms with Gasteiger partial charge < -0.3 is 9.88 Å². The first-order valence-electron chi connectivity index (χ1n) is 22.1. The van der Waals surface area contributed by atoms with Gasteiger partial charge in [-0.05, 0) is 138 Å². The molecule has 0 amide bonds. The molecule has 0 spiro atoms. The second-order valence-corrected chi connectivity index (χ2v) is 20.4. The van der Waals surface area contributed by atoms with E-state index in [1.807, 2.05) is 0 Å². The number of aromatic nitrogens is 1. The van der Waals surface area contributed by atoms with E-state index in [0.29, 0.717) is 0 Å². The lowest BCUT2D eigenvalue weighted by molar-refractivity contribution is 0.590. The molecule has 9 aromatic rings. The topological polar surface area (TPSA) is 17.0 Å². The first-order chi connectivity index (χ1) is 29.2. The monoisotopic (exact) mass is 788 g/mol. The lowest BCUT2D eigenvalue weighted by atomic mass is 9.58. The van der Waals surface area contributed by atoms with Crippen molar-refractivity contribution >= 4 is 62.2 Å². The molecule has 1 aromatic heterocycles. The Morgan fingerprint density at radius 2 is 1.26 bits per heavy atom. The van der Waals surface area contributed by atoms with Crippen molar-refractivity contribution in [2.24, 2.45) is 0 Å². The van der Waals surface area contributed by atoms with E-state index in [0.717, 1.165) is 18.7 Å². The maximum Gasteiger partial charge on any atom is 0.198 e. The summed E-state index contributed by atoms with van der Waals surface area (Å²) in [6, 6.07) is 55.5. The average molecular weight is 789 g/mol. The van der Waals surface area contributed by atoms with E-state index in [1.54, 1.807) is 0 Å². The van der Waals surface area contributed by atoms with Gasteiger partial charge in [-0.15, -0.1) is 0 Å². The molecule has 0 bridgehead atoms. The summed E-state index contributed by atoms with van der Waals surface area (Å²) in [6.07, 6.45) is 0. The molecule has 2 heterocycles. The Kier molecular flexibility index (Phi) is 8.08. The average Bonchev–Trinajstić information content (AvgIpc) is 3.69. The van der Waals surface area contributed by atoms with E-state index in [-0.39, 0.29) is 16.2 Å². The van der Waals surface area contributed by atoms with Crippen LogP contribution in [0.2, 0.25) is 0 Å². The van der Waals surface area contributed by atoms with Crippen molar-refractivity contribution in [2.45, 2.75) is 78.6 Å². The summed E-state index contributed by atoms with van der Waals surface area (Å²) >= 11 is 0. The summed E-state index contributed by atoms with van der Waals surface area (Å²) in [4.78, 5) is 0. The van der Waals surface area contributed by atoms with Crippen LogP contribution in [0.5, 0.6) is 0 Å². The predicted octanol–water partition coefficient (Wildman–Crippen LogP) is 13.9. The van der Waals surface area contributed by atoms with Gasteiger partial charge in [-0.25, -0.2) is 0 Å². The lowest BCUT2D eigenvalue weighted by Gasteiger charge is -2.28. The maximum absolute atomic E-state index is 4.03. The van der Waals surface area contributed by atoms with Crippen molar-refractivity contribution in [2.75, 3.05) is 5.32 Å². The number of rotatable bonds is 4. The zero-order chi connectivity index (χ0) is 42.2. The first-order valence-corrected chi connectivity index (χ1v) is 22.1. The van der Waals surface area contributed by atoms with Crippen LogP contribution in [0.25, 0.3) is 71.6 Å². The van der Waals surface area contributed by atoms with Crippen LogP contribution in [0.15, 0.2) is 146 Å². The number of hydrogen-bond acceptors (Lipinski definition) is 1. The molecule has 0 unspecified atom stereocenters. The highest BCUT2D eigenvalue weighted by Crippen LogP contribution is 2.50. The molecule has 3 heteroatoms. The van der Waals surface area contributed by atoms with Crippen LogP contribution in [0.3, 0.4) is 0 Å². The van der Waals surface area contributed by atoms with Crippen LogP contribution in [0.1, 0.15) is 83.2 Å². The Balaban J connectivity index is 1.21. The summed E-state index contributed by atoms with van der Waals surface area (Å²) < 4.78 is 2.61. The Bertz CT molecular complexity index is 3310. The summed E-state index contributed by atoms with van der Waals surface area (Å²) in [7, 11) is 0.842. The van der Waals surface area contributed by atoms with Gasteiger partial charge in [-0.3, -0.25) is 0 Å². The molecule has 61 heavy (non-hydrogen) atoms. The van der Waals surface area contributed by atoms with Crippen LogP contribution >= 0.6 is 0 Å². The van der Waals surface area contributed by atoms with E-state index in [2.05, 4.69) is 218 Å². The van der Waals surface area contributed by atoms with E-state index in [9.17, 15) is 0 Å². The highest BCUT2D eigenvalue weighted by atomic mass is 15.0. The molecule has 0 radical (unpaired) electrons. The Morgan fingerprint density at radius 1 is 0.557 bits per heavy atom. The SMILES string of the molecule is Cc1ccccc1-c1cc(-c2c(Nc3ccc4c(c3)-c3ccccc3C4(C)C)ccc3ccccc23)c2c(c1)-n1c3ccc(C(C)(C)C)cc3c3cc(C(C)(C)C)cc(c31)B2. The van der Waals surface area contributed by atoms with Crippen LogP contribution < -0.4 is 16.2 Å². The maximum atomic E-state index is 4.03. The van der Waals surface area contributed by atoms with E-state index >= 15 is 0 Å². The van der Waals surface area contributed by atoms with Crippen molar-refractivity contribution in [3.05, 3.63) is 173 Å². The molecule has 1 aliphatic heterocycles. The number of nitrogens with one attached hydrogen (secondary N) is 1. The minimum atomic E-state index is -0.0425. The highest BCUT2D eigenvalue weighted by molar-refractivity contribution is 6.73. The molecule has 8 aromatic carbocycles. The third kappa shape index (κ3) is 5.77. The van der Waals surface area contributed by atoms with Crippen LogP contribution in [-0.4, -0.2) is 11.8 Å². The van der Waals surface area contributed by atoms with Gasteiger partial charge in [-0.2, -0.15) is 0 Å².